The van der Waals surface area contributed by atoms with Gasteiger partial charge < -0.3 is 15.2 Å². The van der Waals surface area contributed by atoms with Crippen molar-refractivity contribution < 1.29 is 9.59 Å². The number of aromatic nitrogens is 1. The van der Waals surface area contributed by atoms with Crippen LogP contribution in [0.4, 0.5) is 11.4 Å². The standard InChI is InChI=1S/C24H21BrN4O2/c1-15-12-18(13-19(14-26)24(31)28-22-6-4-20(25)5-7-22)16(2)29(15)23-10-8-21(9-11-23)27-17(3)30/h4-13H,1-3H3,(H,27,30)(H,28,31)/b19-13+. The first-order chi connectivity index (χ1) is 14.8. The van der Waals surface area contributed by atoms with Crippen LogP contribution in [-0.2, 0) is 9.59 Å². The van der Waals surface area contributed by atoms with Crippen molar-refractivity contribution in [2.45, 2.75) is 20.8 Å². The monoisotopic (exact) mass is 476 g/mol. The zero-order valence-corrected chi connectivity index (χ0v) is 18.9. The summed E-state index contributed by atoms with van der Waals surface area (Å²) in [6.07, 6.45) is 1.60. The third-order valence-corrected chi connectivity index (χ3v) is 5.21. The molecule has 0 unspecified atom stereocenters. The fraction of sp³-hybridized carbons (Fsp3) is 0.125. The van der Waals surface area contributed by atoms with E-state index in [2.05, 4.69) is 26.6 Å². The lowest BCUT2D eigenvalue weighted by Crippen LogP contribution is -2.13. The second-order valence-corrected chi connectivity index (χ2v) is 7.94. The molecule has 156 valence electrons. The smallest absolute Gasteiger partial charge is 0.266 e. The lowest BCUT2D eigenvalue weighted by atomic mass is 10.1. The number of nitrogens with one attached hydrogen (secondary N) is 2. The highest BCUT2D eigenvalue weighted by molar-refractivity contribution is 9.10. The molecule has 6 nitrogen and oxygen atoms in total. The highest BCUT2D eigenvalue weighted by Crippen LogP contribution is 2.24. The number of amides is 2. The van der Waals surface area contributed by atoms with E-state index in [1.165, 1.54) is 6.92 Å². The minimum absolute atomic E-state index is 0.0178. The molecule has 0 radical (unpaired) electrons. The number of nitrogens with zero attached hydrogens (tertiary/aromatic N) is 2. The van der Waals surface area contributed by atoms with Crippen LogP contribution in [0.3, 0.4) is 0 Å². The van der Waals surface area contributed by atoms with Gasteiger partial charge in [-0.25, -0.2) is 0 Å². The Labute approximate surface area is 189 Å². The molecular formula is C24H21BrN4O2. The number of halogens is 1. The van der Waals surface area contributed by atoms with E-state index in [4.69, 9.17) is 0 Å². The number of nitriles is 1. The second kappa shape index (κ2) is 9.45. The number of anilines is 2. The van der Waals surface area contributed by atoms with E-state index in [0.717, 1.165) is 32.8 Å². The molecule has 7 heteroatoms. The molecule has 2 N–H and O–H groups in total. The van der Waals surface area contributed by atoms with Gasteiger partial charge in [-0.2, -0.15) is 5.26 Å². The van der Waals surface area contributed by atoms with Crippen molar-refractivity contribution in [1.29, 1.82) is 5.26 Å². The summed E-state index contributed by atoms with van der Waals surface area (Å²) in [5.74, 6) is -0.590. The van der Waals surface area contributed by atoms with Crippen molar-refractivity contribution in [1.82, 2.24) is 4.57 Å². The van der Waals surface area contributed by atoms with Crippen LogP contribution in [0.1, 0.15) is 23.9 Å². The first kappa shape index (κ1) is 22.1. The molecule has 0 aliphatic heterocycles. The molecule has 2 amide bonds. The summed E-state index contributed by atoms with van der Waals surface area (Å²) in [6, 6.07) is 18.5. The van der Waals surface area contributed by atoms with Gasteiger partial charge in [-0.15, -0.1) is 0 Å². The van der Waals surface area contributed by atoms with Crippen LogP contribution in [0.2, 0.25) is 0 Å². The van der Waals surface area contributed by atoms with E-state index in [0.29, 0.717) is 5.69 Å². The molecule has 31 heavy (non-hydrogen) atoms. The quantitative estimate of drug-likeness (QED) is 0.383. The molecule has 0 aliphatic carbocycles. The van der Waals surface area contributed by atoms with Crippen molar-refractivity contribution in [3.05, 3.63) is 81.6 Å². The van der Waals surface area contributed by atoms with E-state index in [-0.39, 0.29) is 11.5 Å². The maximum atomic E-state index is 12.6. The number of carbonyl (C=O) groups excluding carboxylic acids is 2. The molecule has 0 spiro atoms. The van der Waals surface area contributed by atoms with Gasteiger partial charge in [-0.3, -0.25) is 9.59 Å². The summed E-state index contributed by atoms with van der Waals surface area (Å²) >= 11 is 3.35. The third kappa shape index (κ3) is 5.30. The molecule has 1 aromatic heterocycles. The molecule has 3 aromatic rings. The fourth-order valence-corrected chi connectivity index (χ4v) is 3.53. The first-order valence-electron chi connectivity index (χ1n) is 9.54. The van der Waals surface area contributed by atoms with E-state index in [9.17, 15) is 14.9 Å². The molecule has 1 heterocycles. The van der Waals surface area contributed by atoms with Gasteiger partial charge in [0, 0.05) is 39.8 Å². The summed E-state index contributed by atoms with van der Waals surface area (Å²) in [7, 11) is 0. The normalized spacial score (nSPS) is 11.0. The summed E-state index contributed by atoms with van der Waals surface area (Å²) in [4.78, 5) is 23.8. The maximum absolute atomic E-state index is 12.6. The molecule has 3 rings (SSSR count). The van der Waals surface area contributed by atoms with Gasteiger partial charge in [0.15, 0.2) is 0 Å². The minimum atomic E-state index is -0.464. The van der Waals surface area contributed by atoms with Crippen LogP contribution in [0, 0.1) is 25.2 Å². The minimum Gasteiger partial charge on any atom is -0.326 e. The molecule has 2 aromatic carbocycles. The molecule has 0 saturated carbocycles. The number of rotatable bonds is 5. The van der Waals surface area contributed by atoms with Gasteiger partial charge in [-0.05, 0) is 80.1 Å². The Hall–Kier alpha value is -3.63. The molecule has 0 atom stereocenters. The van der Waals surface area contributed by atoms with Gasteiger partial charge in [0.25, 0.3) is 5.91 Å². The summed E-state index contributed by atoms with van der Waals surface area (Å²) in [5, 5.41) is 15.0. The van der Waals surface area contributed by atoms with Gasteiger partial charge in [0.05, 0.1) is 0 Å². The SMILES string of the molecule is CC(=O)Nc1ccc(-n2c(C)cc(/C=C(\C#N)C(=O)Nc3ccc(Br)cc3)c2C)cc1. The average molecular weight is 477 g/mol. The predicted molar refractivity (Wildman–Crippen MR) is 126 cm³/mol. The van der Waals surface area contributed by atoms with Crippen molar-refractivity contribution in [3.63, 3.8) is 0 Å². The van der Waals surface area contributed by atoms with E-state index in [1.807, 2.05) is 66.9 Å². The van der Waals surface area contributed by atoms with Crippen LogP contribution < -0.4 is 10.6 Å². The van der Waals surface area contributed by atoms with E-state index < -0.39 is 5.91 Å². The van der Waals surface area contributed by atoms with Gasteiger partial charge in [0.2, 0.25) is 5.91 Å². The number of hydrogen-bond donors (Lipinski definition) is 2. The van der Waals surface area contributed by atoms with Crippen LogP contribution in [-0.4, -0.2) is 16.4 Å². The van der Waals surface area contributed by atoms with Crippen LogP contribution in [0.5, 0.6) is 0 Å². The number of carbonyl (C=O) groups is 2. The van der Waals surface area contributed by atoms with Crippen molar-refractivity contribution in [3.8, 4) is 11.8 Å². The van der Waals surface area contributed by atoms with E-state index in [1.54, 1.807) is 18.2 Å². The summed E-state index contributed by atoms with van der Waals surface area (Å²) in [6.45, 7) is 5.36. The summed E-state index contributed by atoms with van der Waals surface area (Å²) < 4.78 is 2.93. The third-order valence-electron chi connectivity index (χ3n) is 4.68. The van der Waals surface area contributed by atoms with Crippen LogP contribution in [0.25, 0.3) is 11.8 Å². The number of aryl methyl sites for hydroxylation is 1. The Kier molecular flexibility index (Phi) is 6.73. The van der Waals surface area contributed by atoms with Gasteiger partial charge in [-0.1, -0.05) is 15.9 Å². The van der Waals surface area contributed by atoms with Crippen LogP contribution >= 0.6 is 15.9 Å². The van der Waals surface area contributed by atoms with E-state index >= 15 is 0 Å². The molecule has 0 bridgehead atoms. The predicted octanol–water partition coefficient (Wildman–Crippen LogP) is 5.36. The van der Waals surface area contributed by atoms with Crippen molar-refractivity contribution in [2.24, 2.45) is 0 Å². The zero-order chi connectivity index (χ0) is 22.5. The lowest BCUT2D eigenvalue weighted by molar-refractivity contribution is -0.114. The second-order valence-electron chi connectivity index (χ2n) is 7.02. The highest BCUT2D eigenvalue weighted by Gasteiger charge is 2.14. The topological polar surface area (TPSA) is 86.9 Å². The van der Waals surface area contributed by atoms with Gasteiger partial charge in [0.1, 0.15) is 11.6 Å². The Bertz CT molecular complexity index is 1200. The molecule has 0 saturated heterocycles. The molecule has 0 fully saturated rings. The first-order valence-corrected chi connectivity index (χ1v) is 10.3. The molecule has 0 aliphatic rings. The lowest BCUT2D eigenvalue weighted by Gasteiger charge is -2.11. The Morgan fingerprint density at radius 3 is 2.16 bits per heavy atom. The average Bonchev–Trinajstić information content (AvgIpc) is 3.01. The Morgan fingerprint density at radius 1 is 1.00 bits per heavy atom. The summed E-state index contributed by atoms with van der Waals surface area (Å²) in [5.41, 5.74) is 4.90. The van der Waals surface area contributed by atoms with Crippen molar-refractivity contribution >= 4 is 45.2 Å². The Morgan fingerprint density at radius 2 is 1.58 bits per heavy atom. The number of benzene rings is 2. The largest absolute Gasteiger partial charge is 0.326 e. The Balaban J connectivity index is 1.88. The number of hydrogen-bond acceptors (Lipinski definition) is 3. The van der Waals surface area contributed by atoms with Crippen LogP contribution in [0.15, 0.2) is 64.6 Å². The fourth-order valence-electron chi connectivity index (χ4n) is 3.26. The maximum Gasteiger partial charge on any atom is 0.266 e. The zero-order valence-electron chi connectivity index (χ0n) is 17.4. The van der Waals surface area contributed by atoms with Gasteiger partial charge >= 0.3 is 0 Å². The molecular weight excluding hydrogens is 456 g/mol. The van der Waals surface area contributed by atoms with Crippen molar-refractivity contribution in [2.75, 3.05) is 10.6 Å². The highest BCUT2D eigenvalue weighted by atomic mass is 79.9.